The molecule has 9 heteroatoms. The standard InChI is InChI=1S/C24H22ClN3O4S/c1-3-13-28-16(2)27-33(30,31)23-14-17(9-11-21(23)28)24(29)26-20-15-18(25)10-12-22(20)32-19-7-5-4-6-8-19/h4-12,14-15H,3,13H2,1-2H3,(H,26,29). The van der Waals surface area contributed by atoms with Gasteiger partial charge in [-0.3, -0.25) is 4.79 Å². The molecule has 0 saturated carbocycles. The van der Waals surface area contributed by atoms with Gasteiger partial charge in [0.2, 0.25) is 0 Å². The van der Waals surface area contributed by atoms with Crippen molar-refractivity contribution >= 4 is 44.7 Å². The van der Waals surface area contributed by atoms with E-state index in [1.807, 2.05) is 30.0 Å². The van der Waals surface area contributed by atoms with Gasteiger partial charge in [-0.1, -0.05) is 36.7 Å². The number of amidine groups is 1. The fourth-order valence-electron chi connectivity index (χ4n) is 3.54. The maximum atomic E-state index is 13.0. The van der Waals surface area contributed by atoms with Gasteiger partial charge in [0.05, 0.1) is 11.4 Å². The van der Waals surface area contributed by atoms with Gasteiger partial charge in [-0.15, -0.1) is 4.40 Å². The van der Waals surface area contributed by atoms with E-state index in [1.165, 1.54) is 6.07 Å². The Morgan fingerprint density at radius 2 is 1.85 bits per heavy atom. The van der Waals surface area contributed by atoms with E-state index in [0.717, 1.165) is 6.42 Å². The minimum Gasteiger partial charge on any atom is -0.455 e. The van der Waals surface area contributed by atoms with E-state index in [0.29, 0.717) is 40.3 Å². The number of nitrogens with zero attached hydrogens (tertiary/aromatic N) is 2. The van der Waals surface area contributed by atoms with Gasteiger partial charge in [0.1, 0.15) is 16.5 Å². The van der Waals surface area contributed by atoms with Crippen LogP contribution in [-0.2, 0) is 10.0 Å². The summed E-state index contributed by atoms with van der Waals surface area (Å²) in [5, 5.41) is 3.19. The van der Waals surface area contributed by atoms with Gasteiger partial charge in [-0.2, -0.15) is 8.42 Å². The number of nitrogens with one attached hydrogen (secondary N) is 1. The molecule has 1 N–H and O–H groups in total. The van der Waals surface area contributed by atoms with Gasteiger partial charge >= 0.3 is 0 Å². The highest BCUT2D eigenvalue weighted by molar-refractivity contribution is 7.90. The van der Waals surface area contributed by atoms with Gasteiger partial charge in [0.15, 0.2) is 5.75 Å². The fourth-order valence-corrected chi connectivity index (χ4v) is 4.97. The molecule has 0 atom stereocenters. The van der Waals surface area contributed by atoms with Gasteiger partial charge in [0, 0.05) is 17.1 Å². The average Bonchev–Trinajstić information content (AvgIpc) is 2.78. The number of hydrogen-bond donors (Lipinski definition) is 1. The van der Waals surface area contributed by atoms with Crippen LogP contribution in [0, 0.1) is 0 Å². The molecule has 0 fully saturated rings. The molecule has 3 aromatic carbocycles. The molecule has 1 heterocycles. The van der Waals surface area contributed by atoms with E-state index in [4.69, 9.17) is 16.3 Å². The zero-order valence-electron chi connectivity index (χ0n) is 18.1. The lowest BCUT2D eigenvalue weighted by molar-refractivity contribution is 0.102. The second-order valence-electron chi connectivity index (χ2n) is 7.46. The Bertz CT molecular complexity index is 1340. The number of para-hydroxylation sites is 1. The van der Waals surface area contributed by atoms with Crippen LogP contribution in [0.5, 0.6) is 11.5 Å². The Kier molecular flexibility index (Phi) is 6.40. The molecule has 0 spiro atoms. The largest absolute Gasteiger partial charge is 0.455 e. The quantitative estimate of drug-likeness (QED) is 0.484. The molecule has 1 aliphatic rings. The lowest BCUT2D eigenvalue weighted by Gasteiger charge is -2.29. The topological polar surface area (TPSA) is 88.1 Å². The second kappa shape index (κ2) is 9.25. The molecule has 0 aliphatic carbocycles. The molecule has 170 valence electrons. The van der Waals surface area contributed by atoms with Crippen molar-refractivity contribution in [1.29, 1.82) is 0 Å². The summed E-state index contributed by atoms with van der Waals surface area (Å²) in [6, 6.07) is 18.6. The van der Waals surface area contributed by atoms with E-state index in [-0.39, 0.29) is 10.5 Å². The minimum atomic E-state index is -3.91. The smallest absolute Gasteiger partial charge is 0.286 e. The molecular weight excluding hydrogens is 462 g/mol. The van der Waals surface area contributed by atoms with Crippen molar-refractivity contribution in [3.8, 4) is 11.5 Å². The average molecular weight is 484 g/mol. The van der Waals surface area contributed by atoms with Crippen LogP contribution in [0.25, 0.3) is 0 Å². The number of carbonyl (C=O) groups is 1. The van der Waals surface area contributed by atoms with Gasteiger partial charge in [-0.05, 0) is 61.9 Å². The highest BCUT2D eigenvalue weighted by Crippen LogP contribution is 2.35. The first kappa shape index (κ1) is 22.8. The number of sulfonamides is 1. The Morgan fingerprint density at radius 3 is 2.58 bits per heavy atom. The van der Waals surface area contributed by atoms with E-state index >= 15 is 0 Å². The van der Waals surface area contributed by atoms with Crippen LogP contribution in [0.4, 0.5) is 11.4 Å². The third kappa shape index (κ3) is 4.86. The summed E-state index contributed by atoms with van der Waals surface area (Å²) < 4.78 is 35.1. The van der Waals surface area contributed by atoms with Crippen molar-refractivity contribution in [3.63, 3.8) is 0 Å². The van der Waals surface area contributed by atoms with Crippen LogP contribution >= 0.6 is 11.6 Å². The van der Waals surface area contributed by atoms with E-state index in [9.17, 15) is 13.2 Å². The number of fused-ring (bicyclic) bond motifs is 1. The summed E-state index contributed by atoms with van der Waals surface area (Å²) >= 11 is 6.13. The molecule has 0 radical (unpaired) electrons. The summed E-state index contributed by atoms with van der Waals surface area (Å²) in [5.74, 6) is 0.906. The molecule has 1 amide bonds. The number of carbonyl (C=O) groups excluding carboxylic acids is 1. The number of amides is 1. The number of rotatable bonds is 6. The maximum absolute atomic E-state index is 13.0. The number of halogens is 1. The van der Waals surface area contributed by atoms with Gasteiger partial charge in [-0.25, -0.2) is 0 Å². The molecule has 3 aromatic rings. The Balaban J connectivity index is 1.65. The van der Waals surface area contributed by atoms with E-state index < -0.39 is 15.9 Å². The summed E-state index contributed by atoms with van der Waals surface area (Å²) in [7, 11) is -3.91. The van der Waals surface area contributed by atoms with Crippen molar-refractivity contribution in [2.45, 2.75) is 25.2 Å². The number of anilines is 2. The molecule has 0 unspecified atom stereocenters. The highest BCUT2D eigenvalue weighted by Gasteiger charge is 2.29. The molecule has 33 heavy (non-hydrogen) atoms. The summed E-state index contributed by atoms with van der Waals surface area (Å²) in [4.78, 5) is 14.9. The van der Waals surface area contributed by atoms with Crippen molar-refractivity contribution in [2.24, 2.45) is 4.40 Å². The first-order chi connectivity index (χ1) is 15.8. The zero-order chi connectivity index (χ0) is 23.6. The fraction of sp³-hybridized carbons (Fsp3) is 0.167. The monoisotopic (exact) mass is 483 g/mol. The Labute approximate surface area is 197 Å². The van der Waals surface area contributed by atoms with Crippen molar-refractivity contribution in [1.82, 2.24) is 0 Å². The van der Waals surface area contributed by atoms with Crippen molar-refractivity contribution in [3.05, 3.63) is 77.3 Å². The van der Waals surface area contributed by atoms with Crippen LogP contribution in [0.15, 0.2) is 76.0 Å². The van der Waals surface area contributed by atoms with Crippen molar-refractivity contribution < 1.29 is 17.9 Å². The first-order valence-electron chi connectivity index (χ1n) is 10.4. The van der Waals surface area contributed by atoms with Gasteiger partial charge in [0.25, 0.3) is 15.9 Å². The molecule has 1 aliphatic heterocycles. The SMILES string of the molecule is CCCN1C(C)=NS(=O)(=O)c2cc(C(=O)Nc3cc(Cl)ccc3Oc3ccccc3)ccc21. The van der Waals surface area contributed by atoms with Crippen LogP contribution in [0.2, 0.25) is 5.02 Å². The Hall–Kier alpha value is -3.36. The molecule has 4 rings (SSSR count). The number of benzene rings is 3. The molecule has 7 nitrogen and oxygen atoms in total. The lowest BCUT2D eigenvalue weighted by Crippen LogP contribution is -2.34. The second-order valence-corrected chi connectivity index (χ2v) is 9.47. The normalized spacial score (nSPS) is 14.3. The highest BCUT2D eigenvalue weighted by atomic mass is 35.5. The van der Waals surface area contributed by atoms with E-state index in [1.54, 1.807) is 49.4 Å². The number of ether oxygens (including phenoxy) is 1. The first-order valence-corrected chi connectivity index (χ1v) is 12.2. The van der Waals surface area contributed by atoms with Crippen LogP contribution in [0.3, 0.4) is 0 Å². The predicted molar refractivity (Wildman–Crippen MR) is 130 cm³/mol. The summed E-state index contributed by atoms with van der Waals surface area (Å²) in [6.45, 7) is 4.27. The maximum Gasteiger partial charge on any atom is 0.286 e. The van der Waals surface area contributed by atoms with Crippen LogP contribution < -0.4 is 15.0 Å². The van der Waals surface area contributed by atoms with Crippen molar-refractivity contribution in [2.75, 3.05) is 16.8 Å². The van der Waals surface area contributed by atoms with Crippen LogP contribution in [0.1, 0.15) is 30.6 Å². The lowest BCUT2D eigenvalue weighted by atomic mass is 10.1. The van der Waals surface area contributed by atoms with Crippen LogP contribution in [-0.4, -0.2) is 26.7 Å². The molecule has 0 saturated heterocycles. The van der Waals surface area contributed by atoms with Gasteiger partial charge < -0.3 is 15.0 Å². The summed E-state index contributed by atoms with van der Waals surface area (Å²) in [6.07, 6.45) is 0.813. The predicted octanol–water partition coefficient (Wildman–Crippen LogP) is 5.72. The third-order valence-corrected chi connectivity index (χ3v) is 6.66. The summed E-state index contributed by atoms with van der Waals surface area (Å²) in [5.41, 5.74) is 1.05. The molecule has 0 aromatic heterocycles. The minimum absolute atomic E-state index is 0.000975. The third-order valence-electron chi connectivity index (χ3n) is 5.04. The molecule has 0 bridgehead atoms. The molecular formula is C24H22ClN3O4S. The van der Waals surface area contributed by atoms with E-state index in [2.05, 4.69) is 9.71 Å². The number of hydrogen-bond acceptors (Lipinski definition) is 5. The zero-order valence-corrected chi connectivity index (χ0v) is 19.7. The Morgan fingerprint density at radius 1 is 1.09 bits per heavy atom.